The quantitative estimate of drug-likeness (QED) is 0.864. The van der Waals surface area contributed by atoms with Crippen LogP contribution in [0.15, 0.2) is 29.4 Å². The minimum absolute atomic E-state index is 0.222. The Morgan fingerprint density at radius 2 is 2.47 bits per heavy atom. The van der Waals surface area contributed by atoms with Crippen molar-refractivity contribution in [2.75, 3.05) is 6.54 Å². The number of carbonyl (C=O) groups is 1. The van der Waals surface area contributed by atoms with Gasteiger partial charge in [-0.2, -0.15) is 0 Å². The number of hydrogen-bond acceptors (Lipinski definition) is 4. The van der Waals surface area contributed by atoms with Gasteiger partial charge in [-0.15, -0.1) is 11.8 Å². The van der Waals surface area contributed by atoms with Crippen LogP contribution in [-0.2, 0) is 4.79 Å². The van der Waals surface area contributed by atoms with E-state index in [0.29, 0.717) is 5.25 Å². The molecule has 4 nitrogen and oxygen atoms in total. The highest BCUT2D eigenvalue weighted by Crippen LogP contribution is 2.37. The van der Waals surface area contributed by atoms with E-state index in [-0.39, 0.29) is 5.91 Å². The molecule has 2 rings (SSSR count). The van der Waals surface area contributed by atoms with Gasteiger partial charge >= 0.3 is 0 Å². The Kier molecular flexibility index (Phi) is 4.82. The number of thioether (sulfide) groups is 1. The number of primary amides is 1. The molecular weight excluding hydrogens is 258 g/mol. The first-order valence-electron chi connectivity index (χ1n) is 6.79. The van der Waals surface area contributed by atoms with Gasteiger partial charge in [0.05, 0.1) is 10.6 Å². The summed E-state index contributed by atoms with van der Waals surface area (Å²) in [6.45, 7) is 2.78. The van der Waals surface area contributed by atoms with Gasteiger partial charge in [0.25, 0.3) is 0 Å². The van der Waals surface area contributed by atoms with Crippen LogP contribution in [0.4, 0.5) is 0 Å². The molecule has 0 bridgehead atoms. The molecule has 1 aromatic rings. The predicted molar refractivity (Wildman–Crippen MR) is 78.0 cm³/mol. The fourth-order valence-electron chi connectivity index (χ4n) is 2.72. The average molecular weight is 279 g/mol. The van der Waals surface area contributed by atoms with Gasteiger partial charge < -0.3 is 11.1 Å². The number of likely N-dealkylation sites (N-methyl/N-ethyl adjacent to an activating group) is 1. The number of carbonyl (C=O) groups excluding carboxylic acids is 1. The second-order valence-electron chi connectivity index (χ2n) is 4.98. The topological polar surface area (TPSA) is 68.0 Å². The monoisotopic (exact) mass is 279 g/mol. The van der Waals surface area contributed by atoms with Crippen molar-refractivity contribution in [2.45, 2.75) is 48.4 Å². The summed E-state index contributed by atoms with van der Waals surface area (Å²) in [5, 5.41) is 4.72. The van der Waals surface area contributed by atoms with E-state index in [4.69, 9.17) is 5.73 Å². The lowest BCUT2D eigenvalue weighted by molar-refractivity contribution is -0.125. The fraction of sp³-hybridized carbons (Fsp3) is 0.571. The van der Waals surface area contributed by atoms with Crippen LogP contribution < -0.4 is 11.1 Å². The van der Waals surface area contributed by atoms with Crippen LogP contribution in [0.5, 0.6) is 0 Å². The molecular formula is C14H21N3OS. The average Bonchev–Trinajstić information content (AvgIpc) is 2.40. The molecule has 1 aromatic heterocycles. The van der Waals surface area contributed by atoms with Gasteiger partial charge in [0.1, 0.15) is 0 Å². The Morgan fingerprint density at radius 3 is 3.11 bits per heavy atom. The number of nitrogens with two attached hydrogens (primary N) is 1. The molecule has 1 heterocycles. The van der Waals surface area contributed by atoms with E-state index in [1.807, 2.05) is 25.1 Å². The summed E-state index contributed by atoms with van der Waals surface area (Å²) < 4.78 is 0. The molecule has 1 amide bonds. The van der Waals surface area contributed by atoms with Gasteiger partial charge in [0, 0.05) is 11.4 Å². The number of nitrogens with one attached hydrogen (secondary N) is 1. The van der Waals surface area contributed by atoms with Crippen molar-refractivity contribution in [2.24, 2.45) is 5.73 Å². The number of amides is 1. The third-order valence-corrected chi connectivity index (χ3v) is 4.84. The summed E-state index contributed by atoms with van der Waals surface area (Å²) >= 11 is 1.75. The zero-order valence-electron chi connectivity index (χ0n) is 11.3. The minimum atomic E-state index is -0.528. The summed E-state index contributed by atoms with van der Waals surface area (Å²) in [4.78, 5) is 16.1. The van der Waals surface area contributed by atoms with E-state index in [2.05, 4.69) is 10.3 Å². The smallest absolute Gasteiger partial charge is 0.237 e. The molecule has 2 atom stereocenters. The second kappa shape index (κ2) is 6.39. The Balaban J connectivity index is 2.05. The predicted octanol–water partition coefficient (Wildman–Crippen LogP) is 1.95. The normalized spacial score (nSPS) is 27.1. The van der Waals surface area contributed by atoms with Crippen molar-refractivity contribution in [1.29, 1.82) is 0 Å². The molecule has 1 aliphatic rings. The maximum atomic E-state index is 11.8. The first kappa shape index (κ1) is 14.3. The van der Waals surface area contributed by atoms with Crippen LogP contribution in [-0.4, -0.2) is 28.2 Å². The largest absolute Gasteiger partial charge is 0.368 e. The molecule has 0 aliphatic heterocycles. The first-order valence-corrected chi connectivity index (χ1v) is 7.67. The van der Waals surface area contributed by atoms with E-state index < -0.39 is 5.54 Å². The third-order valence-electron chi connectivity index (χ3n) is 3.62. The summed E-state index contributed by atoms with van der Waals surface area (Å²) in [6.07, 6.45) is 5.58. The number of hydrogen-bond donors (Lipinski definition) is 2. The van der Waals surface area contributed by atoms with E-state index in [0.717, 1.165) is 37.3 Å². The standard InChI is InChI=1S/C14H21N3OS/c1-2-17-14(13(15)18)8-5-6-11(10-14)19-12-7-3-4-9-16-12/h3-4,7,9,11,17H,2,5-6,8,10H2,1H3,(H2,15,18). The zero-order valence-corrected chi connectivity index (χ0v) is 12.1. The lowest BCUT2D eigenvalue weighted by Gasteiger charge is -2.38. The molecule has 1 saturated carbocycles. The third kappa shape index (κ3) is 3.48. The molecule has 0 saturated heterocycles. The van der Waals surface area contributed by atoms with Crippen molar-refractivity contribution in [3.8, 4) is 0 Å². The maximum absolute atomic E-state index is 11.8. The van der Waals surface area contributed by atoms with Gasteiger partial charge in [0.2, 0.25) is 5.91 Å². The number of aromatic nitrogens is 1. The van der Waals surface area contributed by atoms with Gasteiger partial charge in [0.15, 0.2) is 0 Å². The Labute approximate surface area is 118 Å². The van der Waals surface area contributed by atoms with Crippen LogP contribution in [0.1, 0.15) is 32.6 Å². The van der Waals surface area contributed by atoms with Crippen LogP contribution >= 0.6 is 11.8 Å². The number of nitrogens with zero attached hydrogens (tertiary/aromatic N) is 1. The highest BCUT2D eigenvalue weighted by atomic mass is 32.2. The summed E-state index contributed by atoms with van der Waals surface area (Å²) in [6, 6.07) is 5.92. The molecule has 1 fully saturated rings. The molecule has 1 aliphatic carbocycles. The van der Waals surface area contributed by atoms with Crippen molar-refractivity contribution in [3.05, 3.63) is 24.4 Å². The van der Waals surface area contributed by atoms with Crippen LogP contribution in [0.25, 0.3) is 0 Å². The van der Waals surface area contributed by atoms with E-state index >= 15 is 0 Å². The number of pyridine rings is 1. The highest BCUT2D eigenvalue weighted by molar-refractivity contribution is 7.99. The molecule has 3 N–H and O–H groups in total. The van der Waals surface area contributed by atoms with Crippen LogP contribution in [0, 0.1) is 0 Å². The van der Waals surface area contributed by atoms with E-state index in [9.17, 15) is 4.79 Å². The summed E-state index contributed by atoms with van der Waals surface area (Å²) in [5.41, 5.74) is 5.09. The minimum Gasteiger partial charge on any atom is -0.368 e. The zero-order chi connectivity index (χ0) is 13.7. The molecule has 0 spiro atoms. The molecule has 104 valence electrons. The molecule has 0 aromatic carbocycles. The summed E-state index contributed by atoms with van der Waals surface area (Å²) in [5.74, 6) is -0.222. The lowest BCUT2D eigenvalue weighted by atomic mass is 9.80. The van der Waals surface area contributed by atoms with E-state index in [1.54, 1.807) is 18.0 Å². The first-order chi connectivity index (χ1) is 9.16. The lowest BCUT2D eigenvalue weighted by Crippen LogP contribution is -2.58. The van der Waals surface area contributed by atoms with Crippen molar-refractivity contribution in [1.82, 2.24) is 10.3 Å². The van der Waals surface area contributed by atoms with E-state index in [1.165, 1.54) is 0 Å². The maximum Gasteiger partial charge on any atom is 0.237 e. The van der Waals surface area contributed by atoms with Crippen molar-refractivity contribution < 1.29 is 4.79 Å². The SMILES string of the molecule is CCNC1(C(N)=O)CCCC(Sc2ccccn2)C1. The Hall–Kier alpha value is -1.07. The fourth-order valence-corrected chi connectivity index (χ4v) is 4.00. The van der Waals surface area contributed by atoms with Crippen LogP contribution in [0.2, 0.25) is 0 Å². The van der Waals surface area contributed by atoms with Crippen molar-refractivity contribution in [3.63, 3.8) is 0 Å². The van der Waals surface area contributed by atoms with Gasteiger partial charge in [-0.05, 0) is 44.4 Å². The molecule has 5 heteroatoms. The second-order valence-corrected chi connectivity index (χ2v) is 6.30. The molecule has 2 unspecified atom stereocenters. The molecule has 0 radical (unpaired) electrons. The molecule has 19 heavy (non-hydrogen) atoms. The van der Waals surface area contributed by atoms with Gasteiger partial charge in [-0.3, -0.25) is 4.79 Å². The Morgan fingerprint density at radius 1 is 1.63 bits per heavy atom. The van der Waals surface area contributed by atoms with Crippen molar-refractivity contribution >= 4 is 17.7 Å². The number of rotatable bonds is 5. The van der Waals surface area contributed by atoms with Gasteiger partial charge in [-0.1, -0.05) is 13.0 Å². The van der Waals surface area contributed by atoms with Crippen LogP contribution in [0.3, 0.4) is 0 Å². The highest BCUT2D eigenvalue weighted by Gasteiger charge is 2.40. The summed E-state index contributed by atoms with van der Waals surface area (Å²) in [7, 11) is 0. The Bertz CT molecular complexity index is 422. The van der Waals surface area contributed by atoms with Gasteiger partial charge in [-0.25, -0.2) is 4.98 Å².